The molecule has 3 rings (SSSR count). The van der Waals surface area contributed by atoms with E-state index < -0.39 is 36.2 Å². The van der Waals surface area contributed by atoms with Gasteiger partial charge in [0.25, 0.3) is 5.91 Å². The number of carbonyl (C=O) groups excluding carboxylic acids is 3. The third-order valence-electron chi connectivity index (χ3n) is 4.63. The predicted molar refractivity (Wildman–Crippen MR) is 107 cm³/mol. The topological polar surface area (TPSA) is 128 Å². The molecule has 174 valence electrons. The molecule has 33 heavy (non-hydrogen) atoms. The first-order valence-corrected chi connectivity index (χ1v) is 9.33. The minimum Gasteiger partial charge on any atom is -0.465 e. The summed E-state index contributed by atoms with van der Waals surface area (Å²) < 4.78 is 50.2. The lowest BCUT2D eigenvalue weighted by Gasteiger charge is -2.14. The van der Waals surface area contributed by atoms with Crippen molar-refractivity contribution < 1.29 is 37.0 Å². The van der Waals surface area contributed by atoms with Gasteiger partial charge in [-0.2, -0.15) is 18.3 Å². The second kappa shape index (κ2) is 9.14. The highest BCUT2D eigenvalue weighted by atomic mass is 19.4. The average Bonchev–Trinajstić information content (AvgIpc) is 3.39. The lowest BCUT2D eigenvalue weighted by Crippen LogP contribution is -2.22. The van der Waals surface area contributed by atoms with Crippen molar-refractivity contribution in [1.82, 2.24) is 19.7 Å². The van der Waals surface area contributed by atoms with Crippen molar-refractivity contribution in [2.24, 2.45) is 0 Å². The number of anilines is 1. The predicted octanol–water partition coefficient (Wildman–Crippen LogP) is 2.81. The molecule has 2 N–H and O–H groups in total. The molecule has 0 bridgehead atoms. The van der Waals surface area contributed by atoms with Crippen LogP contribution in [0.2, 0.25) is 0 Å². The molecule has 2 aromatic heterocycles. The van der Waals surface area contributed by atoms with E-state index in [0.717, 1.165) is 18.2 Å². The second-order valence-electron chi connectivity index (χ2n) is 6.81. The fourth-order valence-corrected chi connectivity index (χ4v) is 3.10. The summed E-state index contributed by atoms with van der Waals surface area (Å²) in [4.78, 5) is 43.0. The number of aromatic nitrogens is 4. The first kappa shape index (κ1) is 23.5. The Morgan fingerprint density at radius 3 is 2.52 bits per heavy atom. The minimum absolute atomic E-state index is 0.0527. The number of H-pyrrole nitrogens is 1. The van der Waals surface area contributed by atoms with Crippen LogP contribution in [-0.2, 0) is 20.4 Å². The van der Waals surface area contributed by atoms with Crippen molar-refractivity contribution in [3.05, 3.63) is 58.9 Å². The van der Waals surface area contributed by atoms with Crippen LogP contribution in [0.3, 0.4) is 0 Å². The molecule has 0 saturated heterocycles. The molecule has 10 nitrogen and oxygen atoms in total. The maximum Gasteiger partial charge on any atom is 0.416 e. The number of aromatic amines is 1. The summed E-state index contributed by atoms with van der Waals surface area (Å²) in [5.41, 5.74) is -0.326. The number of methoxy groups -OCH3 is 1. The summed E-state index contributed by atoms with van der Waals surface area (Å²) >= 11 is 0. The zero-order valence-electron chi connectivity index (χ0n) is 17.6. The van der Waals surface area contributed by atoms with Gasteiger partial charge < -0.3 is 19.8 Å². The van der Waals surface area contributed by atoms with Gasteiger partial charge in [0.05, 0.1) is 29.6 Å². The number of ether oxygens (including phenoxy) is 2. The third kappa shape index (κ3) is 5.02. The summed E-state index contributed by atoms with van der Waals surface area (Å²) in [7, 11) is 1.19. The van der Waals surface area contributed by atoms with Gasteiger partial charge in [0.2, 0.25) is 0 Å². The molecule has 3 aromatic rings. The number of hydrogen-bond acceptors (Lipinski definition) is 7. The van der Waals surface area contributed by atoms with Gasteiger partial charge in [0.1, 0.15) is 18.3 Å². The number of aryl methyl sites for hydroxylation is 1. The number of nitrogens with one attached hydrogen (secondary N) is 2. The molecule has 0 saturated carbocycles. The zero-order chi connectivity index (χ0) is 24.3. The van der Waals surface area contributed by atoms with Gasteiger partial charge in [0, 0.05) is 5.69 Å². The maximum absolute atomic E-state index is 13.1. The van der Waals surface area contributed by atoms with Crippen LogP contribution in [0.4, 0.5) is 18.9 Å². The maximum atomic E-state index is 13.1. The van der Waals surface area contributed by atoms with E-state index in [4.69, 9.17) is 4.74 Å². The fraction of sp³-hybridized carbons (Fsp3) is 0.250. The van der Waals surface area contributed by atoms with E-state index in [2.05, 4.69) is 25.1 Å². The SMILES string of the molecule is COC(=O)c1c(C)[nH]c(C(=O)OCC(=O)Nc2cc(C(F)(F)F)ccc2-n2cncn2)c1C. The molecule has 0 aliphatic carbocycles. The van der Waals surface area contributed by atoms with Gasteiger partial charge in [-0.1, -0.05) is 0 Å². The van der Waals surface area contributed by atoms with Crippen molar-refractivity contribution in [3.8, 4) is 5.69 Å². The first-order chi connectivity index (χ1) is 15.5. The number of esters is 2. The van der Waals surface area contributed by atoms with Crippen molar-refractivity contribution in [2.75, 3.05) is 19.0 Å². The molecule has 0 atom stereocenters. The molecule has 0 fully saturated rings. The Kier molecular flexibility index (Phi) is 6.51. The van der Waals surface area contributed by atoms with Crippen LogP contribution in [0, 0.1) is 13.8 Å². The van der Waals surface area contributed by atoms with Crippen LogP contribution in [0.5, 0.6) is 0 Å². The summed E-state index contributed by atoms with van der Waals surface area (Å²) in [6.07, 6.45) is -2.23. The molecular formula is C20H18F3N5O5. The normalized spacial score (nSPS) is 11.2. The Balaban J connectivity index is 1.76. The van der Waals surface area contributed by atoms with Crippen molar-refractivity contribution in [3.63, 3.8) is 0 Å². The molecular weight excluding hydrogens is 447 g/mol. The zero-order valence-corrected chi connectivity index (χ0v) is 17.6. The molecule has 1 aromatic carbocycles. The summed E-state index contributed by atoms with van der Waals surface area (Å²) in [6.45, 7) is 2.26. The first-order valence-electron chi connectivity index (χ1n) is 9.33. The standard InChI is InChI=1S/C20H18F3N5O5/c1-10-16(18(30)32-3)11(2)26-17(10)19(31)33-7-15(29)27-13-6-12(20(21,22)23)4-5-14(13)28-9-24-8-25-28/h4-6,8-9,26H,7H2,1-3H3,(H,27,29). The number of hydrogen-bond donors (Lipinski definition) is 2. The van der Waals surface area contributed by atoms with Crippen LogP contribution in [0.15, 0.2) is 30.9 Å². The number of halogens is 3. The van der Waals surface area contributed by atoms with E-state index >= 15 is 0 Å². The quantitative estimate of drug-likeness (QED) is 0.536. The molecule has 2 heterocycles. The Morgan fingerprint density at radius 1 is 1.18 bits per heavy atom. The van der Waals surface area contributed by atoms with Gasteiger partial charge in [0.15, 0.2) is 6.61 Å². The molecule has 0 spiro atoms. The molecule has 0 aliphatic rings. The minimum atomic E-state index is -4.65. The Labute approximate surface area is 184 Å². The van der Waals surface area contributed by atoms with Crippen LogP contribution >= 0.6 is 0 Å². The Bertz CT molecular complexity index is 1200. The highest BCUT2D eigenvalue weighted by molar-refractivity contribution is 6.00. The summed E-state index contributed by atoms with van der Waals surface area (Å²) in [5.74, 6) is -2.47. The average molecular weight is 465 g/mol. The Morgan fingerprint density at radius 2 is 1.91 bits per heavy atom. The molecule has 0 aliphatic heterocycles. The van der Waals surface area contributed by atoms with Gasteiger partial charge in [-0.05, 0) is 37.6 Å². The number of rotatable bonds is 6. The monoisotopic (exact) mass is 465 g/mol. The van der Waals surface area contributed by atoms with E-state index in [1.165, 1.54) is 31.4 Å². The second-order valence-corrected chi connectivity index (χ2v) is 6.81. The van der Waals surface area contributed by atoms with E-state index in [0.29, 0.717) is 5.69 Å². The van der Waals surface area contributed by atoms with E-state index in [-0.39, 0.29) is 28.2 Å². The van der Waals surface area contributed by atoms with Crippen molar-refractivity contribution in [1.29, 1.82) is 0 Å². The number of amides is 1. The largest absolute Gasteiger partial charge is 0.465 e. The number of carbonyl (C=O) groups is 3. The Hall–Kier alpha value is -4.16. The van der Waals surface area contributed by atoms with Gasteiger partial charge in [-0.3, -0.25) is 4.79 Å². The van der Waals surface area contributed by atoms with Crippen LogP contribution in [0.1, 0.15) is 37.7 Å². The van der Waals surface area contributed by atoms with Crippen LogP contribution in [-0.4, -0.2) is 51.3 Å². The summed E-state index contributed by atoms with van der Waals surface area (Å²) in [6, 6.07) is 2.69. The number of alkyl halides is 3. The summed E-state index contributed by atoms with van der Waals surface area (Å²) in [5, 5.41) is 6.13. The van der Waals surface area contributed by atoms with Gasteiger partial charge in [-0.25, -0.2) is 19.3 Å². The number of nitrogens with zero attached hydrogens (tertiary/aromatic N) is 3. The van der Waals surface area contributed by atoms with Crippen LogP contribution < -0.4 is 5.32 Å². The van der Waals surface area contributed by atoms with Gasteiger partial charge in [-0.15, -0.1) is 0 Å². The lowest BCUT2D eigenvalue weighted by atomic mass is 10.1. The molecule has 0 radical (unpaired) electrons. The molecule has 1 amide bonds. The van der Waals surface area contributed by atoms with E-state index in [1.807, 2.05) is 0 Å². The molecule has 13 heteroatoms. The number of benzene rings is 1. The fourth-order valence-electron chi connectivity index (χ4n) is 3.10. The smallest absolute Gasteiger partial charge is 0.416 e. The van der Waals surface area contributed by atoms with Gasteiger partial charge >= 0.3 is 18.1 Å². The van der Waals surface area contributed by atoms with E-state index in [1.54, 1.807) is 6.92 Å². The van der Waals surface area contributed by atoms with E-state index in [9.17, 15) is 27.6 Å². The molecule has 0 unspecified atom stereocenters. The highest BCUT2D eigenvalue weighted by Crippen LogP contribution is 2.33. The third-order valence-corrected chi connectivity index (χ3v) is 4.63. The van der Waals surface area contributed by atoms with Crippen LogP contribution in [0.25, 0.3) is 5.69 Å². The van der Waals surface area contributed by atoms with Crippen molar-refractivity contribution >= 4 is 23.5 Å². The van der Waals surface area contributed by atoms with Crippen molar-refractivity contribution in [2.45, 2.75) is 20.0 Å². The highest BCUT2D eigenvalue weighted by Gasteiger charge is 2.31. The lowest BCUT2D eigenvalue weighted by molar-refractivity contribution is -0.137.